The predicted molar refractivity (Wildman–Crippen MR) is 75.3 cm³/mol. The molecule has 2 aliphatic rings. The minimum Gasteiger partial charge on any atom is -0.450 e. The van der Waals surface area contributed by atoms with Gasteiger partial charge in [-0.25, -0.2) is 4.79 Å². The highest BCUT2D eigenvalue weighted by atomic mass is 16.5. The number of carbonyl (C=O) groups excluding carboxylic acids is 2. The van der Waals surface area contributed by atoms with E-state index in [1.54, 1.807) is 6.92 Å². The smallest absolute Gasteiger partial charge is 0.407 e. The van der Waals surface area contributed by atoms with Crippen LogP contribution >= 0.6 is 0 Å². The van der Waals surface area contributed by atoms with E-state index >= 15 is 0 Å². The van der Waals surface area contributed by atoms with Crippen LogP contribution in [0.3, 0.4) is 0 Å². The second kappa shape index (κ2) is 6.92. The second-order valence-electron chi connectivity index (χ2n) is 5.70. The van der Waals surface area contributed by atoms with E-state index in [2.05, 4.69) is 10.6 Å². The molecule has 0 aromatic heterocycles. The van der Waals surface area contributed by atoms with E-state index in [0.717, 1.165) is 32.5 Å². The van der Waals surface area contributed by atoms with Gasteiger partial charge in [-0.1, -0.05) is 6.92 Å². The van der Waals surface area contributed by atoms with Crippen molar-refractivity contribution >= 4 is 12.0 Å². The lowest BCUT2D eigenvalue weighted by Gasteiger charge is -2.38. The number of hydrogen-bond acceptors (Lipinski definition) is 4. The molecule has 2 atom stereocenters. The lowest BCUT2D eigenvalue weighted by molar-refractivity contribution is -0.138. The molecule has 0 radical (unpaired) electrons. The molecule has 2 aliphatic heterocycles. The number of carbonyl (C=O) groups is 2. The Morgan fingerprint density at radius 3 is 2.80 bits per heavy atom. The van der Waals surface area contributed by atoms with Crippen LogP contribution in [-0.2, 0) is 9.53 Å². The highest BCUT2D eigenvalue weighted by Crippen LogP contribution is 2.21. The van der Waals surface area contributed by atoms with Crippen molar-refractivity contribution in [1.82, 2.24) is 15.5 Å². The Morgan fingerprint density at radius 2 is 2.20 bits per heavy atom. The molecule has 0 aliphatic carbocycles. The minimum atomic E-state index is -0.386. The number of nitrogens with zero attached hydrogens (tertiary/aromatic N) is 1. The molecular formula is C14H25N3O3. The van der Waals surface area contributed by atoms with Crippen LogP contribution in [0.4, 0.5) is 4.79 Å². The summed E-state index contributed by atoms with van der Waals surface area (Å²) < 4.78 is 4.89. The van der Waals surface area contributed by atoms with Gasteiger partial charge in [0.1, 0.15) is 0 Å². The summed E-state index contributed by atoms with van der Waals surface area (Å²) in [6.45, 7) is 7.43. The van der Waals surface area contributed by atoms with Gasteiger partial charge in [0, 0.05) is 25.0 Å². The van der Waals surface area contributed by atoms with Gasteiger partial charge < -0.3 is 20.3 Å². The van der Waals surface area contributed by atoms with E-state index in [0.29, 0.717) is 19.1 Å². The second-order valence-corrected chi connectivity index (χ2v) is 5.70. The maximum absolute atomic E-state index is 12.4. The first-order valence-electron chi connectivity index (χ1n) is 7.54. The van der Waals surface area contributed by atoms with E-state index in [1.807, 2.05) is 11.8 Å². The lowest BCUT2D eigenvalue weighted by atomic mass is 9.87. The first-order chi connectivity index (χ1) is 9.61. The number of hydrogen-bond donors (Lipinski definition) is 2. The van der Waals surface area contributed by atoms with Crippen molar-refractivity contribution in [1.29, 1.82) is 0 Å². The molecule has 6 heteroatoms. The predicted octanol–water partition coefficient (Wildman–Crippen LogP) is 0.579. The molecule has 2 saturated heterocycles. The van der Waals surface area contributed by atoms with Gasteiger partial charge in [-0.2, -0.15) is 0 Å². The van der Waals surface area contributed by atoms with Crippen molar-refractivity contribution in [2.45, 2.75) is 32.7 Å². The van der Waals surface area contributed by atoms with Gasteiger partial charge in [-0.05, 0) is 38.8 Å². The van der Waals surface area contributed by atoms with Crippen molar-refractivity contribution < 1.29 is 14.3 Å². The molecule has 114 valence electrons. The number of ether oxygens (including phenoxy) is 1. The molecule has 0 saturated carbocycles. The third-order valence-corrected chi connectivity index (χ3v) is 4.24. The van der Waals surface area contributed by atoms with Gasteiger partial charge >= 0.3 is 6.09 Å². The maximum atomic E-state index is 12.4. The summed E-state index contributed by atoms with van der Waals surface area (Å²) in [6.07, 6.45) is 1.45. The van der Waals surface area contributed by atoms with Crippen molar-refractivity contribution in [2.24, 2.45) is 11.8 Å². The zero-order chi connectivity index (χ0) is 14.5. The monoisotopic (exact) mass is 283 g/mol. The summed E-state index contributed by atoms with van der Waals surface area (Å²) in [5, 5.41) is 6.04. The zero-order valence-corrected chi connectivity index (χ0v) is 12.4. The zero-order valence-electron chi connectivity index (χ0n) is 12.4. The number of amides is 2. The summed E-state index contributed by atoms with van der Waals surface area (Å²) in [6, 6.07) is 0.0125. The molecule has 0 spiro atoms. The average molecular weight is 283 g/mol. The molecule has 2 amide bonds. The van der Waals surface area contributed by atoms with Crippen molar-refractivity contribution in [3.8, 4) is 0 Å². The van der Waals surface area contributed by atoms with Crippen molar-refractivity contribution in [3.63, 3.8) is 0 Å². The quantitative estimate of drug-likeness (QED) is 0.792. The Morgan fingerprint density at radius 1 is 1.45 bits per heavy atom. The molecular weight excluding hydrogens is 258 g/mol. The van der Waals surface area contributed by atoms with Crippen LogP contribution in [0, 0.1) is 11.8 Å². The van der Waals surface area contributed by atoms with Gasteiger partial charge in [-0.15, -0.1) is 0 Å². The molecule has 0 aromatic carbocycles. The Balaban J connectivity index is 1.82. The molecule has 0 bridgehead atoms. The molecule has 2 unspecified atom stereocenters. The van der Waals surface area contributed by atoms with Crippen molar-refractivity contribution in [2.75, 3.05) is 32.8 Å². The van der Waals surface area contributed by atoms with Gasteiger partial charge in [-0.3, -0.25) is 4.79 Å². The molecule has 2 N–H and O–H groups in total. The van der Waals surface area contributed by atoms with E-state index in [1.165, 1.54) is 0 Å². The number of nitrogens with one attached hydrogen (secondary N) is 2. The van der Waals surface area contributed by atoms with E-state index in [4.69, 9.17) is 4.74 Å². The lowest BCUT2D eigenvalue weighted by Crippen LogP contribution is -2.54. The third kappa shape index (κ3) is 3.62. The number of alkyl carbamates (subject to hydrolysis) is 1. The first-order valence-corrected chi connectivity index (χ1v) is 7.54. The van der Waals surface area contributed by atoms with Gasteiger partial charge in [0.25, 0.3) is 0 Å². The molecule has 20 heavy (non-hydrogen) atoms. The van der Waals surface area contributed by atoms with E-state index < -0.39 is 0 Å². The normalized spacial score (nSPS) is 24.7. The van der Waals surface area contributed by atoms with Crippen LogP contribution in [-0.4, -0.2) is 55.7 Å². The fourth-order valence-corrected chi connectivity index (χ4v) is 2.79. The summed E-state index contributed by atoms with van der Waals surface area (Å²) in [5.74, 6) is 0.741. The largest absolute Gasteiger partial charge is 0.450 e. The standard InChI is InChI=1S/C14H25N3O3/c1-3-20-14(19)16-12-5-4-6-17(9-12)13(18)10(2)11-7-15-8-11/h10-12,15H,3-9H2,1-2H3,(H,16,19). The Labute approximate surface area is 120 Å². The maximum Gasteiger partial charge on any atom is 0.407 e. The highest BCUT2D eigenvalue weighted by molar-refractivity contribution is 5.79. The third-order valence-electron chi connectivity index (χ3n) is 4.24. The van der Waals surface area contributed by atoms with Crippen LogP contribution in [0.25, 0.3) is 0 Å². The van der Waals surface area contributed by atoms with Gasteiger partial charge in [0.2, 0.25) is 5.91 Å². The Kier molecular flexibility index (Phi) is 5.23. The summed E-state index contributed by atoms with van der Waals surface area (Å²) in [7, 11) is 0. The van der Waals surface area contributed by atoms with E-state index in [-0.39, 0.29) is 24.0 Å². The summed E-state index contributed by atoms with van der Waals surface area (Å²) in [4.78, 5) is 25.8. The van der Waals surface area contributed by atoms with E-state index in [9.17, 15) is 9.59 Å². The van der Waals surface area contributed by atoms with Gasteiger partial charge in [0.15, 0.2) is 0 Å². The van der Waals surface area contributed by atoms with Crippen LogP contribution in [0.5, 0.6) is 0 Å². The summed E-state index contributed by atoms with van der Waals surface area (Å²) >= 11 is 0. The van der Waals surface area contributed by atoms with Crippen LogP contribution in [0.2, 0.25) is 0 Å². The minimum absolute atomic E-state index is 0.0125. The summed E-state index contributed by atoms with van der Waals surface area (Å²) in [5.41, 5.74) is 0. The molecule has 6 nitrogen and oxygen atoms in total. The Bertz CT molecular complexity index is 358. The van der Waals surface area contributed by atoms with Crippen LogP contribution < -0.4 is 10.6 Å². The fraction of sp³-hybridized carbons (Fsp3) is 0.857. The van der Waals surface area contributed by atoms with Crippen LogP contribution in [0.1, 0.15) is 26.7 Å². The number of likely N-dealkylation sites (tertiary alicyclic amines) is 1. The number of rotatable bonds is 4. The molecule has 2 heterocycles. The SMILES string of the molecule is CCOC(=O)NC1CCCN(C(=O)C(C)C2CNC2)C1. The van der Waals surface area contributed by atoms with Crippen LogP contribution in [0.15, 0.2) is 0 Å². The Hall–Kier alpha value is -1.30. The molecule has 2 fully saturated rings. The topological polar surface area (TPSA) is 70.7 Å². The highest BCUT2D eigenvalue weighted by Gasteiger charge is 2.33. The average Bonchev–Trinajstić information content (AvgIpc) is 2.36. The molecule has 2 rings (SSSR count). The molecule has 0 aromatic rings. The number of piperidine rings is 1. The fourth-order valence-electron chi connectivity index (χ4n) is 2.79. The van der Waals surface area contributed by atoms with Gasteiger partial charge in [0.05, 0.1) is 6.61 Å². The first kappa shape index (κ1) is 15.1. The van der Waals surface area contributed by atoms with Crippen molar-refractivity contribution in [3.05, 3.63) is 0 Å².